The maximum Gasteiger partial charge on any atom is 0.261 e. The molecule has 1 amide bonds. The lowest BCUT2D eigenvalue weighted by Crippen LogP contribution is -2.20. The van der Waals surface area contributed by atoms with Crippen LogP contribution in [0.3, 0.4) is 0 Å². The molecule has 2 aromatic carbocycles. The maximum absolute atomic E-state index is 12.3. The summed E-state index contributed by atoms with van der Waals surface area (Å²) in [6, 6.07) is 12.6. The molecule has 0 bridgehead atoms. The Kier molecular flexibility index (Phi) is 5.04. The molecule has 0 aliphatic heterocycles. The minimum absolute atomic E-state index is 0.0784. The highest BCUT2D eigenvalue weighted by Gasteiger charge is 2.15. The summed E-state index contributed by atoms with van der Waals surface area (Å²) in [7, 11) is -3.71. The van der Waals surface area contributed by atoms with Crippen LogP contribution in [0.25, 0.3) is 0 Å². The van der Waals surface area contributed by atoms with E-state index in [-0.39, 0.29) is 11.5 Å². The standard InChI is InChI=1S/C14H13BrN2O4S/c15-12-3-1-2-4-13(12)17-22(19,20)11-7-5-10(6-8-11)21-9-14(16)18/h1-8,17H,9H2,(H2,16,18). The lowest BCUT2D eigenvalue weighted by molar-refractivity contribution is -0.119. The van der Waals surface area contributed by atoms with Crippen molar-refractivity contribution in [1.82, 2.24) is 0 Å². The number of anilines is 1. The van der Waals surface area contributed by atoms with Crippen LogP contribution in [-0.4, -0.2) is 20.9 Å². The summed E-state index contributed by atoms with van der Waals surface area (Å²) < 4.78 is 32.8. The lowest BCUT2D eigenvalue weighted by atomic mass is 10.3. The predicted octanol–water partition coefficient (Wildman–Crippen LogP) is 2.11. The summed E-state index contributed by atoms with van der Waals surface area (Å²) in [5.74, 6) is -0.245. The Bertz CT molecular complexity index is 776. The third-order valence-corrected chi connectivity index (χ3v) is 4.71. The molecule has 0 fully saturated rings. The number of amides is 1. The largest absolute Gasteiger partial charge is 0.484 e. The first kappa shape index (κ1) is 16.3. The molecule has 2 aromatic rings. The highest BCUT2D eigenvalue weighted by atomic mass is 79.9. The number of carbonyl (C=O) groups is 1. The van der Waals surface area contributed by atoms with Crippen molar-refractivity contribution in [3.8, 4) is 5.75 Å². The average molecular weight is 385 g/mol. The van der Waals surface area contributed by atoms with Crippen LogP contribution in [0, 0.1) is 0 Å². The van der Waals surface area contributed by atoms with Gasteiger partial charge in [0.05, 0.1) is 10.6 Å². The van der Waals surface area contributed by atoms with Crippen molar-refractivity contribution in [2.24, 2.45) is 5.73 Å². The molecular weight excluding hydrogens is 372 g/mol. The van der Waals surface area contributed by atoms with E-state index in [1.165, 1.54) is 24.3 Å². The molecule has 0 saturated heterocycles. The molecule has 0 unspecified atom stereocenters. The Morgan fingerprint density at radius 3 is 2.36 bits per heavy atom. The maximum atomic E-state index is 12.3. The number of hydrogen-bond acceptors (Lipinski definition) is 4. The molecule has 0 radical (unpaired) electrons. The third kappa shape index (κ3) is 4.22. The van der Waals surface area contributed by atoms with E-state index >= 15 is 0 Å². The Balaban J connectivity index is 2.16. The van der Waals surface area contributed by atoms with Crippen molar-refractivity contribution >= 4 is 37.5 Å². The second-order valence-corrected chi connectivity index (χ2v) is 6.85. The summed E-state index contributed by atoms with van der Waals surface area (Å²) in [6.07, 6.45) is 0. The summed E-state index contributed by atoms with van der Waals surface area (Å²) in [5.41, 5.74) is 5.41. The molecule has 0 spiro atoms. The van der Waals surface area contributed by atoms with Crippen molar-refractivity contribution in [2.75, 3.05) is 11.3 Å². The molecule has 0 aromatic heterocycles. The van der Waals surface area contributed by atoms with Crippen LogP contribution < -0.4 is 15.2 Å². The molecule has 116 valence electrons. The first-order valence-electron chi connectivity index (χ1n) is 6.17. The summed E-state index contributed by atoms with van der Waals surface area (Å²) in [5, 5.41) is 0. The fraction of sp³-hybridized carbons (Fsp3) is 0.0714. The highest BCUT2D eigenvalue weighted by Crippen LogP contribution is 2.25. The van der Waals surface area contributed by atoms with E-state index in [0.717, 1.165) is 0 Å². The first-order valence-corrected chi connectivity index (χ1v) is 8.44. The monoisotopic (exact) mass is 384 g/mol. The van der Waals surface area contributed by atoms with Crippen LogP contribution in [0.2, 0.25) is 0 Å². The lowest BCUT2D eigenvalue weighted by Gasteiger charge is -2.10. The average Bonchev–Trinajstić information content (AvgIpc) is 2.48. The van der Waals surface area contributed by atoms with Gasteiger partial charge in [-0.05, 0) is 52.3 Å². The zero-order valence-electron chi connectivity index (χ0n) is 11.3. The van der Waals surface area contributed by atoms with Crippen molar-refractivity contribution in [1.29, 1.82) is 0 Å². The molecule has 8 heteroatoms. The van der Waals surface area contributed by atoms with Crippen LogP contribution in [-0.2, 0) is 14.8 Å². The minimum Gasteiger partial charge on any atom is -0.484 e. The molecule has 2 rings (SSSR count). The van der Waals surface area contributed by atoms with Crippen LogP contribution in [0.5, 0.6) is 5.75 Å². The second-order valence-electron chi connectivity index (χ2n) is 4.31. The van der Waals surface area contributed by atoms with Gasteiger partial charge in [0.2, 0.25) is 0 Å². The molecular formula is C14H13BrN2O4S. The van der Waals surface area contributed by atoms with Gasteiger partial charge >= 0.3 is 0 Å². The quantitative estimate of drug-likeness (QED) is 0.796. The molecule has 0 aliphatic rings. The number of para-hydroxylation sites is 1. The smallest absolute Gasteiger partial charge is 0.261 e. The number of carbonyl (C=O) groups excluding carboxylic acids is 1. The van der Waals surface area contributed by atoms with E-state index in [2.05, 4.69) is 20.7 Å². The van der Waals surface area contributed by atoms with E-state index in [1.807, 2.05) is 0 Å². The number of primary amides is 1. The fourth-order valence-electron chi connectivity index (χ4n) is 1.62. The number of benzene rings is 2. The van der Waals surface area contributed by atoms with E-state index in [9.17, 15) is 13.2 Å². The number of ether oxygens (including phenoxy) is 1. The highest BCUT2D eigenvalue weighted by molar-refractivity contribution is 9.10. The van der Waals surface area contributed by atoms with Gasteiger partial charge in [0, 0.05) is 4.47 Å². The van der Waals surface area contributed by atoms with Gasteiger partial charge in [0.25, 0.3) is 15.9 Å². The van der Waals surface area contributed by atoms with Gasteiger partial charge in [0.1, 0.15) is 5.75 Å². The van der Waals surface area contributed by atoms with E-state index < -0.39 is 15.9 Å². The predicted molar refractivity (Wildman–Crippen MR) is 86.1 cm³/mol. The number of nitrogens with two attached hydrogens (primary N) is 1. The van der Waals surface area contributed by atoms with Crippen molar-refractivity contribution in [2.45, 2.75) is 4.90 Å². The van der Waals surface area contributed by atoms with Gasteiger partial charge in [-0.25, -0.2) is 8.42 Å². The number of sulfonamides is 1. The van der Waals surface area contributed by atoms with Crippen LogP contribution >= 0.6 is 15.9 Å². The molecule has 3 N–H and O–H groups in total. The van der Waals surface area contributed by atoms with E-state index in [4.69, 9.17) is 10.5 Å². The van der Waals surface area contributed by atoms with Gasteiger partial charge in [-0.15, -0.1) is 0 Å². The zero-order valence-corrected chi connectivity index (χ0v) is 13.7. The van der Waals surface area contributed by atoms with Gasteiger partial charge in [-0.2, -0.15) is 0 Å². The van der Waals surface area contributed by atoms with E-state index in [1.54, 1.807) is 24.3 Å². The first-order chi connectivity index (χ1) is 10.4. The van der Waals surface area contributed by atoms with E-state index in [0.29, 0.717) is 15.9 Å². The Labute approximate surface area is 136 Å². The summed E-state index contributed by atoms with van der Waals surface area (Å²) >= 11 is 3.28. The number of hydrogen-bond donors (Lipinski definition) is 2. The van der Waals surface area contributed by atoms with Crippen LogP contribution in [0.1, 0.15) is 0 Å². The topological polar surface area (TPSA) is 98.5 Å². The van der Waals surface area contributed by atoms with Crippen LogP contribution in [0.15, 0.2) is 57.9 Å². The Hall–Kier alpha value is -2.06. The molecule has 0 saturated carbocycles. The zero-order chi connectivity index (χ0) is 16.2. The molecule has 0 aliphatic carbocycles. The fourth-order valence-corrected chi connectivity index (χ4v) is 3.21. The molecule has 0 atom stereocenters. The third-order valence-electron chi connectivity index (χ3n) is 2.63. The Morgan fingerprint density at radius 2 is 1.77 bits per heavy atom. The van der Waals surface area contributed by atoms with Crippen molar-refractivity contribution in [3.63, 3.8) is 0 Å². The minimum atomic E-state index is -3.71. The molecule has 0 heterocycles. The second kappa shape index (κ2) is 6.80. The summed E-state index contributed by atoms with van der Waals surface area (Å²) in [6.45, 7) is -0.263. The Morgan fingerprint density at radius 1 is 1.14 bits per heavy atom. The number of nitrogens with one attached hydrogen (secondary N) is 1. The van der Waals surface area contributed by atoms with Crippen LogP contribution in [0.4, 0.5) is 5.69 Å². The van der Waals surface area contributed by atoms with Crippen molar-refractivity contribution in [3.05, 3.63) is 53.0 Å². The van der Waals surface area contributed by atoms with Gasteiger partial charge in [-0.3, -0.25) is 9.52 Å². The number of rotatable bonds is 6. The summed E-state index contributed by atoms with van der Waals surface area (Å²) in [4.78, 5) is 10.7. The molecule has 6 nitrogen and oxygen atoms in total. The SMILES string of the molecule is NC(=O)COc1ccc(S(=O)(=O)Nc2ccccc2Br)cc1. The van der Waals surface area contributed by atoms with Gasteiger partial charge < -0.3 is 10.5 Å². The number of halogens is 1. The molecule has 22 heavy (non-hydrogen) atoms. The van der Waals surface area contributed by atoms with Gasteiger partial charge in [-0.1, -0.05) is 12.1 Å². The van der Waals surface area contributed by atoms with Crippen molar-refractivity contribution < 1.29 is 17.9 Å². The normalized spacial score (nSPS) is 11.0. The van der Waals surface area contributed by atoms with Gasteiger partial charge in [0.15, 0.2) is 6.61 Å².